The van der Waals surface area contributed by atoms with Gasteiger partial charge in [-0.1, -0.05) is 0 Å². The molecule has 0 radical (unpaired) electrons. The van der Waals surface area contributed by atoms with E-state index in [1.165, 1.54) is 12.1 Å². The highest BCUT2D eigenvalue weighted by atomic mass is 19.1. The average molecular weight is 235 g/mol. The normalized spacial score (nSPS) is 10.4. The third-order valence-electron chi connectivity index (χ3n) is 2.55. The summed E-state index contributed by atoms with van der Waals surface area (Å²) in [6.45, 7) is 1.83. The minimum Gasteiger partial charge on any atom is -0.374 e. The molecule has 4 heteroatoms. The summed E-state index contributed by atoms with van der Waals surface area (Å²) in [5.74, 6) is -0.362. The van der Waals surface area contributed by atoms with Crippen LogP contribution < -0.4 is 4.90 Å². The number of nitriles is 1. The Morgan fingerprint density at radius 2 is 1.88 bits per heavy atom. The first-order valence-corrected chi connectivity index (χ1v) is 5.59. The van der Waals surface area contributed by atoms with Crippen molar-refractivity contribution in [2.24, 2.45) is 0 Å². The maximum Gasteiger partial charge on any atom is 0.126 e. The molecule has 1 aromatic rings. The Bertz CT molecular complexity index is 410. The lowest BCUT2D eigenvalue weighted by Crippen LogP contribution is -2.23. The smallest absolute Gasteiger partial charge is 0.126 e. The van der Waals surface area contributed by atoms with Crippen molar-refractivity contribution in [2.75, 3.05) is 39.1 Å². The molecule has 17 heavy (non-hydrogen) atoms. The fourth-order valence-corrected chi connectivity index (χ4v) is 1.61. The number of anilines is 1. The van der Waals surface area contributed by atoms with E-state index in [0.29, 0.717) is 5.56 Å². The molecular formula is C13H18FN3. The maximum atomic E-state index is 13.2. The highest BCUT2D eigenvalue weighted by Gasteiger charge is 2.05. The molecule has 1 aromatic carbocycles. The molecular weight excluding hydrogens is 217 g/mol. The molecule has 0 aromatic heterocycles. The molecule has 0 spiro atoms. The molecule has 0 aliphatic rings. The predicted molar refractivity (Wildman–Crippen MR) is 67.6 cm³/mol. The van der Waals surface area contributed by atoms with E-state index < -0.39 is 0 Å². The zero-order valence-electron chi connectivity index (χ0n) is 10.6. The van der Waals surface area contributed by atoms with Crippen LogP contribution in [-0.4, -0.2) is 39.1 Å². The largest absolute Gasteiger partial charge is 0.374 e. The fraction of sp³-hybridized carbons (Fsp3) is 0.462. The van der Waals surface area contributed by atoms with Crippen molar-refractivity contribution in [2.45, 2.75) is 6.42 Å². The summed E-state index contributed by atoms with van der Waals surface area (Å²) in [4.78, 5) is 4.08. The van der Waals surface area contributed by atoms with Crippen LogP contribution in [-0.2, 0) is 0 Å². The molecule has 0 heterocycles. The van der Waals surface area contributed by atoms with Gasteiger partial charge in [0.1, 0.15) is 5.82 Å². The summed E-state index contributed by atoms with van der Waals surface area (Å²) in [6.07, 6.45) is 1.00. The summed E-state index contributed by atoms with van der Waals surface area (Å²) in [6, 6.07) is 6.37. The molecule has 0 amide bonds. The molecule has 92 valence electrons. The van der Waals surface area contributed by atoms with Crippen molar-refractivity contribution < 1.29 is 4.39 Å². The molecule has 0 aliphatic carbocycles. The Kier molecular flexibility index (Phi) is 4.92. The van der Waals surface area contributed by atoms with Crippen LogP contribution in [0.4, 0.5) is 10.1 Å². The van der Waals surface area contributed by atoms with Crippen LogP contribution in [0.25, 0.3) is 0 Å². The lowest BCUT2D eigenvalue weighted by molar-refractivity contribution is 0.401. The van der Waals surface area contributed by atoms with Gasteiger partial charge in [0, 0.05) is 19.3 Å². The predicted octanol–water partition coefficient (Wildman–Crippen LogP) is 2.09. The van der Waals surface area contributed by atoms with Crippen LogP contribution in [0.3, 0.4) is 0 Å². The van der Waals surface area contributed by atoms with Gasteiger partial charge >= 0.3 is 0 Å². The van der Waals surface area contributed by atoms with Crippen LogP contribution in [0.1, 0.15) is 12.0 Å². The van der Waals surface area contributed by atoms with Gasteiger partial charge in [0.15, 0.2) is 0 Å². The average Bonchev–Trinajstić information content (AvgIpc) is 2.27. The van der Waals surface area contributed by atoms with Gasteiger partial charge in [0.25, 0.3) is 0 Å². The SMILES string of the molecule is CN(C)CCCN(C)c1cc(F)cc(C#N)c1. The van der Waals surface area contributed by atoms with E-state index >= 15 is 0 Å². The van der Waals surface area contributed by atoms with Crippen LogP contribution in [0.2, 0.25) is 0 Å². The van der Waals surface area contributed by atoms with Crippen LogP contribution in [0.15, 0.2) is 18.2 Å². The van der Waals surface area contributed by atoms with E-state index in [-0.39, 0.29) is 5.82 Å². The van der Waals surface area contributed by atoms with Crippen molar-refractivity contribution in [3.63, 3.8) is 0 Å². The van der Waals surface area contributed by atoms with Crippen LogP contribution in [0.5, 0.6) is 0 Å². The van der Waals surface area contributed by atoms with E-state index in [9.17, 15) is 4.39 Å². The number of benzene rings is 1. The molecule has 0 saturated heterocycles. The number of hydrogen-bond donors (Lipinski definition) is 0. The van der Waals surface area contributed by atoms with Gasteiger partial charge in [-0.3, -0.25) is 0 Å². The van der Waals surface area contributed by atoms with Crippen molar-refractivity contribution in [3.05, 3.63) is 29.6 Å². The molecule has 0 saturated carbocycles. The summed E-state index contributed by atoms with van der Waals surface area (Å²) in [5, 5.41) is 8.78. The van der Waals surface area contributed by atoms with Crippen molar-refractivity contribution in [3.8, 4) is 6.07 Å². The third kappa shape index (κ3) is 4.41. The molecule has 3 nitrogen and oxygen atoms in total. The minimum absolute atomic E-state index is 0.361. The molecule has 0 atom stereocenters. The zero-order valence-corrected chi connectivity index (χ0v) is 10.6. The lowest BCUT2D eigenvalue weighted by Gasteiger charge is -2.20. The molecule has 1 rings (SSSR count). The number of rotatable bonds is 5. The fourth-order valence-electron chi connectivity index (χ4n) is 1.61. The maximum absolute atomic E-state index is 13.2. The number of nitrogens with zero attached hydrogens (tertiary/aromatic N) is 3. The van der Waals surface area contributed by atoms with Gasteiger partial charge in [-0.15, -0.1) is 0 Å². The van der Waals surface area contributed by atoms with E-state index in [1.807, 2.05) is 32.1 Å². The van der Waals surface area contributed by atoms with Gasteiger partial charge in [-0.2, -0.15) is 5.26 Å². The van der Waals surface area contributed by atoms with Gasteiger partial charge in [-0.25, -0.2) is 4.39 Å². The van der Waals surface area contributed by atoms with Gasteiger partial charge in [-0.05, 0) is 45.3 Å². The van der Waals surface area contributed by atoms with E-state index in [0.717, 1.165) is 25.2 Å². The first-order chi connectivity index (χ1) is 8.02. The topological polar surface area (TPSA) is 30.3 Å². The summed E-state index contributed by atoms with van der Waals surface area (Å²) in [5.41, 5.74) is 1.11. The van der Waals surface area contributed by atoms with Crippen LogP contribution >= 0.6 is 0 Å². The molecule has 0 fully saturated rings. The van der Waals surface area contributed by atoms with Crippen molar-refractivity contribution >= 4 is 5.69 Å². The van der Waals surface area contributed by atoms with Gasteiger partial charge < -0.3 is 9.80 Å². The number of halogens is 1. The van der Waals surface area contributed by atoms with E-state index in [1.54, 1.807) is 6.07 Å². The second kappa shape index (κ2) is 6.21. The summed E-state index contributed by atoms with van der Waals surface area (Å²) in [7, 11) is 5.96. The molecule has 0 unspecified atom stereocenters. The second-order valence-corrected chi connectivity index (χ2v) is 4.39. The van der Waals surface area contributed by atoms with Crippen molar-refractivity contribution in [1.82, 2.24) is 4.90 Å². The van der Waals surface area contributed by atoms with Crippen LogP contribution in [0, 0.1) is 17.1 Å². The quantitative estimate of drug-likeness (QED) is 0.782. The Labute approximate surface area is 102 Å². The Morgan fingerprint density at radius 3 is 2.47 bits per heavy atom. The standard InChI is InChI=1S/C13H18FN3/c1-16(2)5-4-6-17(3)13-8-11(10-15)7-12(14)9-13/h7-9H,4-6H2,1-3H3. The molecule has 0 N–H and O–H groups in total. The highest BCUT2D eigenvalue weighted by Crippen LogP contribution is 2.17. The second-order valence-electron chi connectivity index (χ2n) is 4.39. The lowest BCUT2D eigenvalue weighted by atomic mass is 10.2. The van der Waals surface area contributed by atoms with E-state index in [2.05, 4.69) is 4.90 Å². The Balaban J connectivity index is 2.65. The minimum atomic E-state index is -0.362. The summed E-state index contributed by atoms with van der Waals surface area (Å²) < 4.78 is 13.2. The highest BCUT2D eigenvalue weighted by molar-refractivity contribution is 5.51. The number of hydrogen-bond acceptors (Lipinski definition) is 3. The monoisotopic (exact) mass is 235 g/mol. The zero-order chi connectivity index (χ0) is 12.8. The van der Waals surface area contributed by atoms with Crippen molar-refractivity contribution in [1.29, 1.82) is 5.26 Å². The third-order valence-corrected chi connectivity index (χ3v) is 2.55. The Hall–Kier alpha value is -1.60. The summed E-state index contributed by atoms with van der Waals surface area (Å²) >= 11 is 0. The molecule has 0 bridgehead atoms. The first kappa shape index (κ1) is 13.5. The Morgan fingerprint density at radius 1 is 1.18 bits per heavy atom. The molecule has 0 aliphatic heterocycles. The van der Waals surface area contributed by atoms with Gasteiger partial charge in [0.05, 0.1) is 11.6 Å². The van der Waals surface area contributed by atoms with Gasteiger partial charge in [0.2, 0.25) is 0 Å². The van der Waals surface area contributed by atoms with E-state index in [4.69, 9.17) is 5.26 Å². The first-order valence-electron chi connectivity index (χ1n) is 5.59.